The number of hydrogen-bond donors (Lipinski definition) is 1. The Kier molecular flexibility index (Phi) is 3.65. The zero-order valence-electron chi connectivity index (χ0n) is 10.3. The summed E-state index contributed by atoms with van der Waals surface area (Å²) < 4.78 is 0.521. The average molecular weight is 301 g/mol. The molecule has 2 rings (SSSR count). The Labute approximate surface area is 109 Å². The maximum Gasteiger partial charge on any atom is 0.265 e. The third kappa shape index (κ3) is 2.59. The van der Waals surface area contributed by atoms with E-state index in [0.717, 1.165) is 31.2 Å². The first-order chi connectivity index (χ1) is 7.99. The first kappa shape index (κ1) is 12.7. The molecule has 1 aromatic rings. The van der Waals surface area contributed by atoms with E-state index in [-0.39, 0.29) is 11.6 Å². The van der Waals surface area contributed by atoms with Gasteiger partial charge in [-0.25, -0.2) is 4.98 Å². The Morgan fingerprint density at radius 1 is 1.41 bits per heavy atom. The van der Waals surface area contributed by atoms with E-state index in [4.69, 9.17) is 0 Å². The molecule has 5 nitrogen and oxygen atoms in total. The highest BCUT2D eigenvalue weighted by molar-refractivity contribution is 9.10. The number of aromatic amines is 1. The van der Waals surface area contributed by atoms with Crippen molar-refractivity contribution in [2.75, 3.05) is 33.7 Å². The van der Waals surface area contributed by atoms with Gasteiger partial charge in [0.2, 0.25) is 0 Å². The first-order valence-electron chi connectivity index (χ1n) is 5.64. The molecule has 1 N–H and O–H groups in total. The third-order valence-electron chi connectivity index (χ3n) is 3.21. The molecule has 17 heavy (non-hydrogen) atoms. The second-order valence-corrected chi connectivity index (χ2v) is 5.40. The molecule has 1 fully saturated rings. The molecule has 1 aromatic heterocycles. The minimum Gasteiger partial charge on any atom is -0.308 e. The van der Waals surface area contributed by atoms with Crippen LogP contribution in [0.5, 0.6) is 0 Å². The molecule has 0 bridgehead atoms. The van der Waals surface area contributed by atoms with Gasteiger partial charge in [0, 0.05) is 19.6 Å². The van der Waals surface area contributed by atoms with Crippen molar-refractivity contribution in [1.82, 2.24) is 19.8 Å². The lowest BCUT2D eigenvalue weighted by Crippen LogP contribution is -2.45. The van der Waals surface area contributed by atoms with Crippen LogP contribution in [0.25, 0.3) is 0 Å². The minimum atomic E-state index is -0.103. The standard InChI is InChI=1S/C11H17BrN4O/c1-7-9(12)11(17)14-10(13-7)8-6-15(2)4-5-16(8)3/h8H,4-6H2,1-3H3,(H,13,14,17). The molecule has 0 saturated carbocycles. The van der Waals surface area contributed by atoms with Crippen molar-refractivity contribution in [1.29, 1.82) is 0 Å². The SMILES string of the molecule is Cc1nc(C2CN(C)CCN2C)[nH]c(=O)c1Br. The molecule has 1 aliphatic rings. The van der Waals surface area contributed by atoms with Gasteiger partial charge < -0.3 is 9.88 Å². The van der Waals surface area contributed by atoms with Crippen LogP contribution >= 0.6 is 15.9 Å². The molecule has 0 aromatic carbocycles. The van der Waals surface area contributed by atoms with Crippen molar-refractivity contribution in [3.63, 3.8) is 0 Å². The zero-order valence-corrected chi connectivity index (χ0v) is 11.9. The molecule has 1 atom stereocenters. The van der Waals surface area contributed by atoms with Gasteiger partial charge in [0.1, 0.15) is 10.3 Å². The van der Waals surface area contributed by atoms with Gasteiger partial charge in [-0.3, -0.25) is 9.69 Å². The minimum absolute atomic E-state index is 0.103. The van der Waals surface area contributed by atoms with Crippen molar-refractivity contribution in [2.45, 2.75) is 13.0 Å². The molecule has 0 aliphatic carbocycles. The fourth-order valence-corrected chi connectivity index (χ4v) is 2.24. The lowest BCUT2D eigenvalue weighted by Gasteiger charge is -2.36. The Bertz CT molecular complexity index is 473. The summed E-state index contributed by atoms with van der Waals surface area (Å²) in [5, 5.41) is 0. The lowest BCUT2D eigenvalue weighted by molar-refractivity contribution is 0.109. The molecule has 2 heterocycles. The van der Waals surface area contributed by atoms with Crippen LogP contribution in [0.15, 0.2) is 9.27 Å². The molecule has 94 valence electrons. The van der Waals surface area contributed by atoms with E-state index in [1.165, 1.54) is 0 Å². The van der Waals surface area contributed by atoms with Crippen LogP contribution < -0.4 is 5.56 Å². The largest absolute Gasteiger partial charge is 0.308 e. The molecule has 0 radical (unpaired) electrons. The third-order valence-corrected chi connectivity index (χ3v) is 4.15. The number of aromatic nitrogens is 2. The average Bonchev–Trinajstić information content (AvgIpc) is 2.28. The van der Waals surface area contributed by atoms with Gasteiger partial charge in [-0.1, -0.05) is 0 Å². The van der Waals surface area contributed by atoms with E-state index in [9.17, 15) is 4.79 Å². The topological polar surface area (TPSA) is 52.2 Å². The van der Waals surface area contributed by atoms with E-state index in [2.05, 4.69) is 49.8 Å². The lowest BCUT2D eigenvalue weighted by atomic mass is 10.1. The molecule has 1 unspecified atom stereocenters. The second-order valence-electron chi connectivity index (χ2n) is 4.61. The molecule has 1 saturated heterocycles. The fraction of sp³-hybridized carbons (Fsp3) is 0.636. The fourth-order valence-electron chi connectivity index (χ4n) is 2.06. The van der Waals surface area contributed by atoms with Gasteiger partial charge in [-0.15, -0.1) is 0 Å². The molecule has 0 amide bonds. The molecule has 6 heteroatoms. The number of halogens is 1. The van der Waals surface area contributed by atoms with Crippen molar-refractivity contribution in [3.8, 4) is 0 Å². The second kappa shape index (κ2) is 4.88. The maximum atomic E-state index is 11.7. The summed E-state index contributed by atoms with van der Waals surface area (Å²) >= 11 is 3.23. The monoisotopic (exact) mass is 300 g/mol. The summed E-state index contributed by atoms with van der Waals surface area (Å²) in [7, 11) is 4.15. The number of H-pyrrole nitrogens is 1. The predicted molar refractivity (Wildman–Crippen MR) is 70.2 cm³/mol. The van der Waals surface area contributed by atoms with Crippen molar-refractivity contribution in [3.05, 3.63) is 26.3 Å². The quantitative estimate of drug-likeness (QED) is 0.832. The number of likely N-dealkylation sites (N-methyl/N-ethyl adjacent to an activating group) is 2. The smallest absolute Gasteiger partial charge is 0.265 e. The predicted octanol–water partition coefficient (Wildman–Crippen LogP) is 0.759. The van der Waals surface area contributed by atoms with Crippen LogP contribution in [-0.2, 0) is 0 Å². The van der Waals surface area contributed by atoms with Crippen LogP contribution in [0.2, 0.25) is 0 Å². The number of aryl methyl sites for hydroxylation is 1. The summed E-state index contributed by atoms with van der Waals surface area (Å²) in [5.74, 6) is 0.754. The van der Waals surface area contributed by atoms with Gasteiger partial charge in [0.05, 0.1) is 11.7 Å². The van der Waals surface area contributed by atoms with Crippen molar-refractivity contribution < 1.29 is 0 Å². The molecule has 1 aliphatic heterocycles. The Morgan fingerprint density at radius 3 is 2.76 bits per heavy atom. The van der Waals surface area contributed by atoms with E-state index < -0.39 is 0 Å². The van der Waals surface area contributed by atoms with Crippen LogP contribution in [0, 0.1) is 6.92 Å². The molecular weight excluding hydrogens is 284 g/mol. The van der Waals surface area contributed by atoms with E-state index >= 15 is 0 Å². The van der Waals surface area contributed by atoms with Crippen LogP contribution in [-0.4, -0.2) is 53.5 Å². The van der Waals surface area contributed by atoms with Gasteiger partial charge in [0.15, 0.2) is 0 Å². The highest BCUT2D eigenvalue weighted by atomic mass is 79.9. The van der Waals surface area contributed by atoms with Crippen molar-refractivity contribution in [2.24, 2.45) is 0 Å². The zero-order chi connectivity index (χ0) is 12.6. The van der Waals surface area contributed by atoms with E-state index in [0.29, 0.717) is 4.47 Å². The molecule has 0 spiro atoms. The summed E-state index contributed by atoms with van der Waals surface area (Å²) in [6, 6.07) is 0.160. The highest BCUT2D eigenvalue weighted by Gasteiger charge is 2.26. The number of rotatable bonds is 1. The number of hydrogen-bond acceptors (Lipinski definition) is 4. The normalized spacial score (nSPS) is 22.9. The first-order valence-corrected chi connectivity index (χ1v) is 6.43. The number of nitrogens with zero attached hydrogens (tertiary/aromatic N) is 3. The Balaban J connectivity index is 2.36. The Hall–Kier alpha value is -0.720. The summed E-state index contributed by atoms with van der Waals surface area (Å²) in [6.45, 7) is 4.77. The summed E-state index contributed by atoms with van der Waals surface area (Å²) in [5.41, 5.74) is 0.638. The van der Waals surface area contributed by atoms with Crippen LogP contribution in [0.3, 0.4) is 0 Å². The number of piperazine rings is 1. The summed E-state index contributed by atoms with van der Waals surface area (Å²) in [6.07, 6.45) is 0. The highest BCUT2D eigenvalue weighted by Crippen LogP contribution is 2.20. The van der Waals surface area contributed by atoms with Crippen molar-refractivity contribution >= 4 is 15.9 Å². The van der Waals surface area contributed by atoms with Gasteiger partial charge in [-0.2, -0.15) is 0 Å². The van der Waals surface area contributed by atoms with Gasteiger partial charge in [0.25, 0.3) is 5.56 Å². The van der Waals surface area contributed by atoms with Crippen LogP contribution in [0.4, 0.5) is 0 Å². The number of nitrogens with one attached hydrogen (secondary N) is 1. The van der Waals surface area contributed by atoms with E-state index in [1.54, 1.807) is 0 Å². The molecular formula is C11H17BrN4O. The van der Waals surface area contributed by atoms with Gasteiger partial charge in [-0.05, 0) is 36.9 Å². The van der Waals surface area contributed by atoms with E-state index in [1.807, 2.05) is 6.92 Å². The Morgan fingerprint density at radius 2 is 2.12 bits per heavy atom. The summed E-state index contributed by atoms with van der Waals surface area (Å²) in [4.78, 5) is 23.5. The van der Waals surface area contributed by atoms with Crippen LogP contribution in [0.1, 0.15) is 17.6 Å². The van der Waals surface area contributed by atoms with Gasteiger partial charge >= 0.3 is 0 Å². The maximum absolute atomic E-state index is 11.7.